The first kappa shape index (κ1) is 19.6. The van der Waals surface area contributed by atoms with E-state index in [0.717, 1.165) is 43.0 Å². The van der Waals surface area contributed by atoms with Crippen molar-refractivity contribution in [3.05, 3.63) is 71.9 Å². The van der Waals surface area contributed by atoms with Gasteiger partial charge in [-0.25, -0.2) is 9.97 Å². The van der Waals surface area contributed by atoms with Crippen LogP contribution in [0.3, 0.4) is 0 Å². The summed E-state index contributed by atoms with van der Waals surface area (Å²) >= 11 is 8.15. The van der Waals surface area contributed by atoms with E-state index in [4.69, 9.17) is 26.1 Å². The van der Waals surface area contributed by atoms with Crippen LogP contribution in [-0.2, 0) is 0 Å². The summed E-state index contributed by atoms with van der Waals surface area (Å²) in [7, 11) is 3.28. The van der Waals surface area contributed by atoms with Gasteiger partial charge in [0.15, 0.2) is 0 Å². The molecule has 0 fully saturated rings. The lowest BCUT2D eigenvalue weighted by Gasteiger charge is -2.13. The van der Waals surface area contributed by atoms with Crippen molar-refractivity contribution >= 4 is 55.4 Å². The van der Waals surface area contributed by atoms with E-state index >= 15 is 0 Å². The Morgan fingerprint density at radius 2 is 1.81 bits per heavy atom. The maximum absolute atomic E-state index is 6.53. The first-order valence-corrected chi connectivity index (χ1v) is 10.8. The second-order valence-electron chi connectivity index (χ2n) is 6.89. The largest absolute Gasteiger partial charge is 0.497 e. The molecule has 0 unspecified atom stereocenters. The summed E-state index contributed by atoms with van der Waals surface area (Å²) < 4.78 is 12.1. The van der Waals surface area contributed by atoms with Gasteiger partial charge in [-0.15, -0.1) is 11.3 Å². The van der Waals surface area contributed by atoms with Gasteiger partial charge in [-0.2, -0.15) is 0 Å². The van der Waals surface area contributed by atoms with E-state index < -0.39 is 0 Å². The van der Waals surface area contributed by atoms with Crippen molar-refractivity contribution in [2.75, 3.05) is 19.5 Å². The lowest BCUT2D eigenvalue weighted by molar-refractivity contribution is 0.398. The number of benzene rings is 3. The van der Waals surface area contributed by atoms with E-state index in [1.54, 1.807) is 31.8 Å². The van der Waals surface area contributed by atoms with Gasteiger partial charge < -0.3 is 14.8 Å². The molecule has 3 aromatic carbocycles. The third-order valence-corrected chi connectivity index (χ3v) is 6.42. The van der Waals surface area contributed by atoms with Crippen LogP contribution in [0, 0.1) is 0 Å². The zero-order chi connectivity index (χ0) is 21.4. The summed E-state index contributed by atoms with van der Waals surface area (Å²) in [5.74, 6) is 2.13. The minimum atomic E-state index is 0.652. The minimum Gasteiger partial charge on any atom is -0.497 e. The van der Waals surface area contributed by atoms with Crippen LogP contribution in [0.25, 0.3) is 31.6 Å². The molecule has 31 heavy (non-hydrogen) atoms. The van der Waals surface area contributed by atoms with E-state index in [-0.39, 0.29) is 0 Å². The van der Waals surface area contributed by atoms with E-state index in [2.05, 4.69) is 16.4 Å². The number of halogens is 1. The highest BCUT2D eigenvalue weighted by molar-refractivity contribution is 7.21. The van der Waals surface area contributed by atoms with E-state index in [9.17, 15) is 0 Å². The first-order chi connectivity index (χ1) is 15.2. The Hall–Kier alpha value is -3.35. The predicted octanol–water partition coefficient (Wildman–Crippen LogP) is 6.93. The van der Waals surface area contributed by atoms with Gasteiger partial charge in [-0.1, -0.05) is 23.7 Å². The molecule has 0 saturated heterocycles. The molecule has 154 valence electrons. The summed E-state index contributed by atoms with van der Waals surface area (Å²) in [6.07, 6.45) is 1.75. The summed E-state index contributed by atoms with van der Waals surface area (Å²) in [5, 5.41) is 6.79. The quantitative estimate of drug-likeness (QED) is 0.316. The number of ether oxygens (including phenoxy) is 2. The smallest absolute Gasteiger partial charge is 0.138 e. The zero-order valence-electron chi connectivity index (χ0n) is 16.8. The van der Waals surface area contributed by atoms with Crippen molar-refractivity contribution in [2.45, 2.75) is 0 Å². The van der Waals surface area contributed by atoms with Gasteiger partial charge >= 0.3 is 0 Å². The summed E-state index contributed by atoms with van der Waals surface area (Å²) in [6.45, 7) is 0. The fourth-order valence-electron chi connectivity index (χ4n) is 3.50. The molecule has 5 nitrogen and oxygen atoms in total. The molecule has 2 heterocycles. The Bertz CT molecular complexity index is 1380. The molecule has 0 bridgehead atoms. The van der Waals surface area contributed by atoms with Crippen molar-refractivity contribution in [1.82, 2.24) is 9.97 Å². The average molecular weight is 448 g/mol. The van der Waals surface area contributed by atoms with Crippen LogP contribution >= 0.6 is 22.9 Å². The second-order valence-corrected chi connectivity index (χ2v) is 8.33. The van der Waals surface area contributed by atoms with Crippen molar-refractivity contribution in [3.8, 4) is 22.1 Å². The molecule has 0 saturated carbocycles. The normalized spacial score (nSPS) is 11.1. The number of methoxy groups -OCH3 is 2. The van der Waals surface area contributed by atoms with Crippen LogP contribution in [0.2, 0.25) is 5.02 Å². The highest BCUT2D eigenvalue weighted by Crippen LogP contribution is 2.38. The maximum Gasteiger partial charge on any atom is 0.138 e. The highest BCUT2D eigenvalue weighted by Gasteiger charge is 2.13. The summed E-state index contributed by atoms with van der Waals surface area (Å²) in [6, 6.07) is 19.6. The molecule has 0 radical (unpaired) electrons. The number of rotatable bonds is 5. The molecule has 0 aliphatic rings. The molecule has 0 spiro atoms. The molecule has 2 aromatic heterocycles. The van der Waals surface area contributed by atoms with Crippen LogP contribution in [0.4, 0.5) is 11.5 Å². The Kier molecular flexibility index (Phi) is 5.10. The van der Waals surface area contributed by atoms with Crippen molar-refractivity contribution in [1.29, 1.82) is 0 Å². The zero-order valence-corrected chi connectivity index (χ0v) is 18.4. The lowest BCUT2D eigenvalue weighted by Crippen LogP contribution is -1.97. The van der Waals surface area contributed by atoms with Crippen molar-refractivity contribution in [3.63, 3.8) is 0 Å². The Morgan fingerprint density at radius 1 is 0.935 bits per heavy atom. The molecule has 7 heteroatoms. The molecular formula is C24H18ClN3O2S. The molecular weight excluding hydrogens is 430 g/mol. The number of pyridine rings is 1. The van der Waals surface area contributed by atoms with Gasteiger partial charge in [0.05, 0.1) is 29.5 Å². The number of fused-ring (bicyclic) bond motifs is 2. The van der Waals surface area contributed by atoms with Gasteiger partial charge in [0.2, 0.25) is 0 Å². The molecule has 1 N–H and O–H groups in total. The van der Waals surface area contributed by atoms with Crippen LogP contribution in [0.5, 0.6) is 11.5 Å². The third kappa shape index (κ3) is 3.65. The molecule has 5 rings (SSSR count). The molecule has 0 aliphatic heterocycles. The second kappa shape index (κ2) is 8.06. The van der Waals surface area contributed by atoms with E-state index in [1.807, 2.05) is 54.6 Å². The number of hydrogen-bond donors (Lipinski definition) is 1. The van der Waals surface area contributed by atoms with Gasteiger partial charge in [-0.05, 0) is 42.5 Å². The van der Waals surface area contributed by atoms with Crippen LogP contribution < -0.4 is 14.8 Å². The third-order valence-electron chi connectivity index (χ3n) is 5.02. The van der Waals surface area contributed by atoms with Gasteiger partial charge in [-0.3, -0.25) is 0 Å². The first-order valence-electron chi connectivity index (χ1n) is 9.59. The number of nitrogens with zero attached hydrogens (tertiary/aromatic N) is 2. The van der Waals surface area contributed by atoms with Crippen molar-refractivity contribution in [2.24, 2.45) is 0 Å². The lowest BCUT2D eigenvalue weighted by atomic mass is 10.1. The van der Waals surface area contributed by atoms with Crippen LogP contribution in [0.15, 0.2) is 66.9 Å². The summed E-state index contributed by atoms with van der Waals surface area (Å²) in [5.41, 5.74) is 2.70. The molecule has 0 aliphatic carbocycles. The maximum atomic E-state index is 6.53. The molecule has 0 atom stereocenters. The Labute approximate surface area is 188 Å². The standard InChI is InChI=1S/C24H18ClN3O2S/c1-29-15-12-17-16(21(13-15)30-2)9-10-26-23(17)27-14-7-8-19(25)18(11-14)24-28-20-5-3-4-6-22(20)31-24/h3-13H,1-2H3,(H,26,27). The number of anilines is 2. The van der Waals surface area contributed by atoms with E-state index in [1.165, 1.54) is 0 Å². The monoisotopic (exact) mass is 447 g/mol. The predicted molar refractivity (Wildman–Crippen MR) is 128 cm³/mol. The molecule has 0 amide bonds. The van der Waals surface area contributed by atoms with Crippen LogP contribution in [-0.4, -0.2) is 24.2 Å². The number of aromatic nitrogens is 2. The number of nitrogens with one attached hydrogen (secondary N) is 1. The van der Waals surface area contributed by atoms with Gasteiger partial charge in [0.25, 0.3) is 0 Å². The highest BCUT2D eigenvalue weighted by atomic mass is 35.5. The fraction of sp³-hybridized carbons (Fsp3) is 0.0833. The number of para-hydroxylation sites is 1. The van der Waals surface area contributed by atoms with Gasteiger partial charge in [0.1, 0.15) is 22.3 Å². The average Bonchev–Trinajstić information content (AvgIpc) is 3.24. The number of hydrogen-bond acceptors (Lipinski definition) is 6. The Morgan fingerprint density at radius 3 is 2.61 bits per heavy atom. The number of thiazole rings is 1. The van der Waals surface area contributed by atoms with Gasteiger partial charge in [0, 0.05) is 34.3 Å². The van der Waals surface area contributed by atoms with Crippen molar-refractivity contribution < 1.29 is 9.47 Å². The SMILES string of the molecule is COc1cc(OC)c2ccnc(Nc3ccc(Cl)c(-c4nc5ccccc5s4)c3)c2c1. The topological polar surface area (TPSA) is 56.3 Å². The summed E-state index contributed by atoms with van der Waals surface area (Å²) in [4.78, 5) is 9.29. The fourth-order valence-corrected chi connectivity index (χ4v) is 4.76. The minimum absolute atomic E-state index is 0.652. The van der Waals surface area contributed by atoms with E-state index in [0.29, 0.717) is 16.6 Å². The van der Waals surface area contributed by atoms with Crippen LogP contribution in [0.1, 0.15) is 0 Å². The molecule has 5 aromatic rings. The Balaban J connectivity index is 1.58.